The third kappa shape index (κ3) is 4.60. The zero-order valence-electron chi connectivity index (χ0n) is 11.2. The quantitative estimate of drug-likeness (QED) is 0.818. The smallest absolute Gasteiger partial charge is 0.241 e. The lowest BCUT2D eigenvalue weighted by Crippen LogP contribution is -2.40. The van der Waals surface area contributed by atoms with E-state index in [0.29, 0.717) is 11.4 Å². The van der Waals surface area contributed by atoms with Gasteiger partial charge in [-0.25, -0.2) is 0 Å². The Labute approximate surface area is 113 Å². The van der Waals surface area contributed by atoms with Gasteiger partial charge < -0.3 is 15.8 Å². The SMILES string of the molecule is CCC(C)C(N)C(=O)Nc1ccc(OCC#N)cc1. The largest absolute Gasteiger partial charge is 0.479 e. The molecule has 0 bridgehead atoms. The molecular weight excluding hydrogens is 242 g/mol. The molecule has 0 saturated heterocycles. The molecule has 1 amide bonds. The van der Waals surface area contributed by atoms with Crippen LogP contribution in [0.5, 0.6) is 5.75 Å². The van der Waals surface area contributed by atoms with E-state index in [1.165, 1.54) is 0 Å². The molecule has 19 heavy (non-hydrogen) atoms. The fourth-order valence-electron chi connectivity index (χ4n) is 1.49. The van der Waals surface area contributed by atoms with E-state index in [-0.39, 0.29) is 18.4 Å². The molecule has 0 aliphatic carbocycles. The van der Waals surface area contributed by atoms with Crippen LogP contribution in [0.25, 0.3) is 0 Å². The number of rotatable bonds is 6. The van der Waals surface area contributed by atoms with Crippen LogP contribution in [0.2, 0.25) is 0 Å². The van der Waals surface area contributed by atoms with Gasteiger partial charge in [0.25, 0.3) is 0 Å². The van der Waals surface area contributed by atoms with E-state index in [1.54, 1.807) is 24.3 Å². The molecule has 5 nitrogen and oxygen atoms in total. The Balaban J connectivity index is 2.58. The number of nitrogens with one attached hydrogen (secondary N) is 1. The number of hydrogen-bond donors (Lipinski definition) is 2. The number of ether oxygens (including phenoxy) is 1. The third-order valence-corrected chi connectivity index (χ3v) is 2.98. The highest BCUT2D eigenvalue weighted by Gasteiger charge is 2.19. The predicted molar refractivity (Wildman–Crippen MR) is 73.6 cm³/mol. The average molecular weight is 261 g/mol. The Morgan fingerprint density at radius 3 is 2.63 bits per heavy atom. The van der Waals surface area contributed by atoms with Crippen molar-refractivity contribution in [2.24, 2.45) is 11.7 Å². The van der Waals surface area contributed by atoms with Gasteiger partial charge in [-0.2, -0.15) is 5.26 Å². The maximum Gasteiger partial charge on any atom is 0.241 e. The minimum Gasteiger partial charge on any atom is -0.479 e. The summed E-state index contributed by atoms with van der Waals surface area (Å²) in [6.45, 7) is 3.95. The number of amides is 1. The van der Waals surface area contributed by atoms with Crippen molar-refractivity contribution in [1.29, 1.82) is 5.26 Å². The first-order valence-electron chi connectivity index (χ1n) is 6.24. The molecule has 5 heteroatoms. The fourth-order valence-corrected chi connectivity index (χ4v) is 1.49. The van der Waals surface area contributed by atoms with Crippen LogP contribution in [0.4, 0.5) is 5.69 Å². The maximum atomic E-state index is 11.9. The van der Waals surface area contributed by atoms with Crippen molar-refractivity contribution >= 4 is 11.6 Å². The Bertz CT molecular complexity index is 451. The van der Waals surface area contributed by atoms with Crippen LogP contribution in [0.3, 0.4) is 0 Å². The molecule has 1 aromatic carbocycles. The second kappa shape index (κ2) is 7.39. The number of anilines is 1. The van der Waals surface area contributed by atoms with Gasteiger partial charge in [-0.3, -0.25) is 4.79 Å². The van der Waals surface area contributed by atoms with Crippen molar-refractivity contribution < 1.29 is 9.53 Å². The van der Waals surface area contributed by atoms with Crippen LogP contribution in [0.1, 0.15) is 20.3 Å². The van der Waals surface area contributed by atoms with Crippen LogP contribution in [0.15, 0.2) is 24.3 Å². The number of benzene rings is 1. The molecule has 0 aliphatic rings. The summed E-state index contributed by atoms with van der Waals surface area (Å²) < 4.78 is 5.12. The minimum atomic E-state index is -0.514. The van der Waals surface area contributed by atoms with Crippen molar-refractivity contribution in [2.45, 2.75) is 26.3 Å². The van der Waals surface area contributed by atoms with Crippen LogP contribution in [-0.2, 0) is 4.79 Å². The molecule has 0 fully saturated rings. The normalized spacial score (nSPS) is 13.2. The lowest BCUT2D eigenvalue weighted by atomic mass is 9.99. The molecule has 0 aromatic heterocycles. The Morgan fingerprint density at radius 1 is 1.47 bits per heavy atom. The topological polar surface area (TPSA) is 88.1 Å². The molecule has 1 aromatic rings. The van der Waals surface area contributed by atoms with E-state index in [9.17, 15) is 4.79 Å². The summed E-state index contributed by atoms with van der Waals surface area (Å²) in [6.07, 6.45) is 0.857. The zero-order chi connectivity index (χ0) is 14.3. The first kappa shape index (κ1) is 15.0. The molecule has 2 unspecified atom stereocenters. The van der Waals surface area contributed by atoms with E-state index in [1.807, 2.05) is 19.9 Å². The monoisotopic (exact) mass is 261 g/mol. The highest BCUT2D eigenvalue weighted by atomic mass is 16.5. The molecule has 0 aliphatic heterocycles. The predicted octanol–water partition coefficient (Wildman–Crippen LogP) is 1.90. The molecule has 3 N–H and O–H groups in total. The molecule has 0 saturated carbocycles. The first-order valence-corrected chi connectivity index (χ1v) is 6.24. The van der Waals surface area contributed by atoms with Crippen molar-refractivity contribution in [3.8, 4) is 11.8 Å². The van der Waals surface area contributed by atoms with Crippen molar-refractivity contribution in [3.05, 3.63) is 24.3 Å². The zero-order valence-corrected chi connectivity index (χ0v) is 11.2. The minimum absolute atomic E-state index is 0.00456. The van der Waals surface area contributed by atoms with Gasteiger partial charge in [0.1, 0.15) is 11.8 Å². The van der Waals surface area contributed by atoms with E-state index < -0.39 is 6.04 Å². The second-order valence-electron chi connectivity index (χ2n) is 4.37. The van der Waals surface area contributed by atoms with Gasteiger partial charge in [-0.1, -0.05) is 20.3 Å². The summed E-state index contributed by atoms with van der Waals surface area (Å²) in [5.74, 6) is 0.532. The standard InChI is InChI=1S/C14H19N3O2/c1-3-10(2)13(16)14(18)17-11-4-6-12(7-5-11)19-9-8-15/h4-7,10,13H,3,9,16H2,1-2H3,(H,17,18). The Hall–Kier alpha value is -2.06. The molecule has 2 atom stereocenters. The summed E-state index contributed by atoms with van der Waals surface area (Å²) in [7, 11) is 0. The summed E-state index contributed by atoms with van der Waals surface area (Å²) in [6, 6.07) is 8.20. The van der Waals surface area contributed by atoms with Crippen LogP contribution in [0, 0.1) is 17.2 Å². The number of nitrogens with two attached hydrogens (primary N) is 1. The number of hydrogen-bond acceptors (Lipinski definition) is 4. The molecule has 0 heterocycles. The van der Waals surface area contributed by atoms with Crippen molar-refractivity contribution in [3.63, 3.8) is 0 Å². The summed E-state index contributed by atoms with van der Waals surface area (Å²) in [5, 5.41) is 11.1. The van der Waals surface area contributed by atoms with E-state index in [2.05, 4.69) is 5.32 Å². The van der Waals surface area contributed by atoms with Crippen LogP contribution in [-0.4, -0.2) is 18.6 Å². The second-order valence-corrected chi connectivity index (χ2v) is 4.37. The van der Waals surface area contributed by atoms with Crippen LogP contribution < -0.4 is 15.8 Å². The van der Waals surface area contributed by atoms with Gasteiger partial charge in [0.05, 0.1) is 6.04 Å². The van der Waals surface area contributed by atoms with Crippen molar-refractivity contribution in [1.82, 2.24) is 0 Å². The average Bonchev–Trinajstić information content (AvgIpc) is 2.44. The summed E-state index contributed by atoms with van der Waals surface area (Å²) in [4.78, 5) is 11.9. The molecule has 0 radical (unpaired) electrons. The summed E-state index contributed by atoms with van der Waals surface area (Å²) in [5.41, 5.74) is 6.50. The Morgan fingerprint density at radius 2 is 2.11 bits per heavy atom. The fraction of sp³-hybridized carbons (Fsp3) is 0.429. The summed E-state index contributed by atoms with van der Waals surface area (Å²) >= 11 is 0. The molecule has 0 spiro atoms. The van der Waals surface area contributed by atoms with Crippen molar-refractivity contribution in [2.75, 3.05) is 11.9 Å². The number of carbonyl (C=O) groups excluding carboxylic acids is 1. The number of nitriles is 1. The van der Waals surface area contributed by atoms with Gasteiger partial charge in [-0.05, 0) is 30.2 Å². The number of nitrogens with zero attached hydrogens (tertiary/aromatic N) is 1. The maximum absolute atomic E-state index is 11.9. The molecular formula is C14H19N3O2. The van der Waals surface area contributed by atoms with Gasteiger partial charge in [0.15, 0.2) is 6.61 Å². The highest BCUT2D eigenvalue weighted by Crippen LogP contribution is 2.16. The lowest BCUT2D eigenvalue weighted by Gasteiger charge is -2.17. The van der Waals surface area contributed by atoms with E-state index >= 15 is 0 Å². The first-order chi connectivity index (χ1) is 9.08. The van der Waals surface area contributed by atoms with Gasteiger partial charge in [-0.15, -0.1) is 0 Å². The molecule has 1 rings (SSSR count). The van der Waals surface area contributed by atoms with E-state index in [0.717, 1.165) is 6.42 Å². The van der Waals surface area contributed by atoms with Crippen LogP contribution >= 0.6 is 0 Å². The Kier molecular flexibility index (Phi) is 5.83. The van der Waals surface area contributed by atoms with E-state index in [4.69, 9.17) is 15.7 Å². The van der Waals surface area contributed by atoms with Gasteiger partial charge >= 0.3 is 0 Å². The van der Waals surface area contributed by atoms with Gasteiger partial charge in [0.2, 0.25) is 5.91 Å². The molecule has 102 valence electrons. The lowest BCUT2D eigenvalue weighted by molar-refractivity contribution is -0.118. The van der Waals surface area contributed by atoms with Gasteiger partial charge in [0, 0.05) is 5.69 Å². The number of carbonyl (C=O) groups is 1. The third-order valence-electron chi connectivity index (χ3n) is 2.98. The highest BCUT2D eigenvalue weighted by molar-refractivity contribution is 5.94.